The molecule has 18 heavy (non-hydrogen) atoms. The van der Waals surface area contributed by atoms with Crippen LogP contribution in [0.15, 0.2) is 0 Å². The van der Waals surface area contributed by atoms with Crippen molar-refractivity contribution in [1.29, 1.82) is 0 Å². The van der Waals surface area contributed by atoms with Gasteiger partial charge in [0.1, 0.15) is 0 Å². The maximum atomic E-state index is 9.96. The van der Waals surface area contributed by atoms with Gasteiger partial charge in [-0.1, -0.05) is 0 Å². The summed E-state index contributed by atoms with van der Waals surface area (Å²) >= 11 is 0. The van der Waals surface area contributed by atoms with Crippen molar-refractivity contribution in [1.82, 2.24) is 0 Å². The first-order chi connectivity index (χ1) is 8.84. The van der Waals surface area contributed by atoms with Crippen molar-refractivity contribution < 1.29 is 14.6 Å². The van der Waals surface area contributed by atoms with Crippen LogP contribution < -0.4 is 0 Å². The summed E-state index contributed by atoms with van der Waals surface area (Å²) in [4.78, 5) is 0. The maximum Gasteiger partial charge on any atom is 0.0576 e. The molecule has 2 saturated heterocycles. The van der Waals surface area contributed by atoms with Crippen LogP contribution in [0.1, 0.15) is 64.2 Å². The molecule has 0 radical (unpaired) electrons. The van der Waals surface area contributed by atoms with Gasteiger partial charge in [-0.15, -0.1) is 0 Å². The van der Waals surface area contributed by atoms with Crippen molar-refractivity contribution in [2.45, 2.75) is 82.5 Å². The van der Waals surface area contributed by atoms with E-state index in [1.165, 1.54) is 32.1 Å². The van der Waals surface area contributed by atoms with E-state index < -0.39 is 0 Å². The molecule has 2 aliphatic rings. The van der Waals surface area contributed by atoms with E-state index in [4.69, 9.17) is 9.47 Å². The topological polar surface area (TPSA) is 38.7 Å². The lowest BCUT2D eigenvalue weighted by molar-refractivity contribution is 0.00126. The fraction of sp³-hybridized carbons (Fsp3) is 1.00. The molecule has 1 N–H and O–H groups in total. The highest BCUT2D eigenvalue weighted by molar-refractivity contribution is 4.69. The van der Waals surface area contributed by atoms with Crippen LogP contribution >= 0.6 is 0 Å². The minimum absolute atomic E-state index is 0.142. The first-order valence-electron chi connectivity index (χ1n) is 7.76. The summed E-state index contributed by atoms with van der Waals surface area (Å²) in [6.07, 6.45) is 11.9. The largest absolute Gasteiger partial charge is 0.393 e. The molecular weight excluding hydrogens is 228 g/mol. The molecule has 0 saturated carbocycles. The van der Waals surface area contributed by atoms with Gasteiger partial charge in [0, 0.05) is 13.2 Å². The van der Waals surface area contributed by atoms with Crippen LogP contribution in [0.3, 0.4) is 0 Å². The minimum atomic E-state index is -0.142. The molecule has 2 fully saturated rings. The molecule has 2 aliphatic heterocycles. The zero-order valence-corrected chi connectivity index (χ0v) is 11.5. The van der Waals surface area contributed by atoms with E-state index in [1.54, 1.807) is 0 Å². The number of rotatable bonds is 7. The standard InChI is InChI=1S/C15H28O3/c16-13(5-3-7-14-8-4-12-18-14)9-10-15-6-1-2-11-17-15/h13-16H,1-12H2. The van der Waals surface area contributed by atoms with E-state index in [-0.39, 0.29) is 6.10 Å². The lowest BCUT2D eigenvalue weighted by Gasteiger charge is -2.23. The van der Waals surface area contributed by atoms with Crippen molar-refractivity contribution in [3.8, 4) is 0 Å². The fourth-order valence-electron chi connectivity index (χ4n) is 3.01. The fourth-order valence-corrected chi connectivity index (χ4v) is 3.01. The highest BCUT2D eigenvalue weighted by atomic mass is 16.5. The van der Waals surface area contributed by atoms with Crippen LogP contribution in [-0.4, -0.2) is 36.6 Å². The van der Waals surface area contributed by atoms with E-state index in [9.17, 15) is 5.11 Å². The summed E-state index contributed by atoms with van der Waals surface area (Å²) < 4.78 is 11.3. The lowest BCUT2D eigenvalue weighted by atomic mass is 9.99. The lowest BCUT2D eigenvalue weighted by Crippen LogP contribution is -2.21. The molecule has 0 amide bonds. The summed E-state index contributed by atoms with van der Waals surface area (Å²) in [7, 11) is 0. The molecule has 0 aromatic carbocycles. The van der Waals surface area contributed by atoms with Crippen LogP contribution in [0.2, 0.25) is 0 Å². The maximum absolute atomic E-state index is 9.96. The summed E-state index contributed by atoms with van der Waals surface area (Å²) in [6, 6.07) is 0. The van der Waals surface area contributed by atoms with Gasteiger partial charge < -0.3 is 14.6 Å². The monoisotopic (exact) mass is 256 g/mol. The molecule has 0 bridgehead atoms. The highest BCUT2D eigenvalue weighted by Crippen LogP contribution is 2.21. The minimum Gasteiger partial charge on any atom is -0.393 e. The van der Waals surface area contributed by atoms with E-state index in [1.807, 2.05) is 0 Å². The molecule has 0 spiro atoms. The first kappa shape index (κ1) is 14.3. The molecule has 0 aliphatic carbocycles. The van der Waals surface area contributed by atoms with Gasteiger partial charge >= 0.3 is 0 Å². The highest BCUT2D eigenvalue weighted by Gasteiger charge is 2.17. The Morgan fingerprint density at radius 2 is 1.61 bits per heavy atom. The molecule has 2 rings (SSSR count). The number of hydrogen-bond donors (Lipinski definition) is 1. The summed E-state index contributed by atoms with van der Waals surface area (Å²) in [5.74, 6) is 0. The van der Waals surface area contributed by atoms with Gasteiger partial charge in [0.25, 0.3) is 0 Å². The Hall–Kier alpha value is -0.120. The van der Waals surface area contributed by atoms with E-state index in [0.29, 0.717) is 12.2 Å². The Labute approximate surface area is 111 Å². The van der Waals surface area contributed by atoms with E-state index in [0.717, 1.165) is 45.3 Å². The molecular formula is C15H28O3. The third-order valence-corrected chi connectivity index (χ3v) is 4.18. The van der Waals surface area contributed by atoms with E-state index >= 15 is 0 Å². The number of aliphatic hydroxyl groups excluding tert-OH is 1. The normalized spacial score (nSPS) is 30.5. The quantitative estimate of drug-likeness (QED) is 0.761. The summed E-state index contributed by atoms with van der Waals surface area (Å²) in [5, 5.41) is 9.96. The second kappa shape index (κ2) is 8.13. The van der Waals surface area contributed by atoms with Crippen molar-refractivity contribution in [2.24, 2.45) is 0 Å². The molecule has 2 heterocycles. The summed E-state index contributed by atoms with van der Waals surface area (Å²) in [5.41, 5.74) is 0. The van der Waals surface area contributed by atoms with Crippen molar-refractivity contribution in [3.05, 3.63) is 0 Å². The van der Waals surface area contributed by atoms with Crippen molar-refractivity contribution >= 4 is 0 Å². The Kier molecular flexibility index (Phi) is 6.46. The zero-order valence-electron chi connectivity index (χ0n) is 11.5. The average Bonchev–Trinajstić information content (AvgIpc) is 2.91. The second-order valence-corrected chi connectivity index (χ2v) is 5.79. The SMILES string of the molecule is OC(CCCC1CCCO1)CCC1CCCCO1. The Bertz CT molecular complexity index is 208. The van der Waals surface area contributed by atoms with Gasteiger partial charge in [0.2, 0.25) is 0 Å². The van der Waals surface area contributed by atoms with Gasteiger partial charge in [-0.05, 0) is 64.2 Å². The average molecular weight is 256 g/mol. The predicted octanol–water partition coefficient (Wildman–Crippen LogP) is 3.05. The van der Waals surface area contributed by atoms with Gasteiger partial charge in [0.15, 0.2) is 0 Å². The summed E-state index contributed by atoms with van der Waals surface area (Å²) in [6.45, 7) is 1.85. The molecule has 3 nitrogen and oxygen atoms in total. The van der Waals surface area contributed by atoms with Gasteiger partial charge in [-0.2, -0.15) is 0 Å². The Morgan fingerprint density at radius 3 is 2.28 bits per heavy atom. The van der Waals surface area contributed by atoms with Gasteiger partial charge in [-0.3, -0.25) is 0 Å². The first-order valence-corrected chi connectivity index (χ1v) is 7.76. The molecule has 3 heteroatoms. The zero-order chi connectivity index (χ0) is 12.6. The molecule has 0 aromatic rings. The van der Waals surface area contributed by atoms with E-state index in [2.05, 4.69) is 0 Å². The van der Waals surface area contributed by atoms with Crippen LogP contribution in [0.5, 0.6) is 0 Å². The Balaban J connectivity index is 1.47. The smallest absolute Gasteiger partial charge is 0.0576 e. The van der Waals surface area contributed by atoms with Crippen LogP contribution in [-0.2, 0) is 9.47 Å². The third kappa shape index (κ3) is 5.25. The van der Waals surface area contributed by atoms with Crippen molar-refractivity contribution in [3.63, 3.8) is 0 Å². The third-order valence-electron chi connectivity index (χ3n) is 4.18. The molecule has 3 atom stereocenters. The number of hydrogen-bond acceptors (Lipinski definition) is 3. The predicted molar refractivity (Wildman–Crippen MR) is 71.7 cm³/mol. The van der Waals surface area contributed by atoms with Gasteiger partial charge in [0.05, 0.1) is 18.3 Å². The second-order valence-electron chi connectivity index (χ2n) is 5.79. The van der Waals surface area contributed by atoms with Crippen LogP contribution in [0.4, 0.5) is 0 Å². The molecule has 0 aromatic heterocycles. The Morgan fingerprint density at radius 1 is 0.889 bits per heavy atom. The van der Waals surface area contributed by atoms with Gasteiger partial charge in [-0.25, -0.2) is 0 Å². The van der Waals surface area contributed by atoms with Crippen LogP contribution in [0, 0.1) is 0 Å². The number of aliphatic hydroxyl groups is 1. The van der Waals surface area contributed by atoms with Crippen LogP contribution in [0.25, 0.3) is 0 Å². The molecule has 106 valence electrons. The number of ether oxygens (including phenoxy) is 2. The molecule has 3 unspecified atom stereocenters. The van der Waals surface area contributed by atoms with Crippen molar-refractivity contribution in [2.75, 3.05) is 13.2 Å².